The van der Waals surface area contributed by atoms with Crippen molar-refractivity contribution >= 4 is 0 Å². The maximum atomic E-state index is 12.4. The van der Waals surface area contributed by atoms with Gasteiger partial charge in [-0.05, 0) is 37.5 Å². The van der Waals surface area contributed by atoms with Crippen molar-refractivity contribution in [3.63, 3.8) is 0 Å². The summed E-state index contributed by atoms with van der Waals surface area (Å²) in [6.07, 6.45) is -3.04. The topological polar surface area (TPSA) is 41.5 Å². The van der Waals surface area contributed by atoms with Crippen LogP contribution in [0.3, 0.4) is 0 Å². The number of aliphatic hydroxyl groups excluding tert-OH is 1. The molecule has 0 spiro atoms. The number of halogens is 3. The SMILES string of the molecule is CCOC1CC(NCC(O)c2ccc(C(F)(F)F)cc2)C1. The fourth-order valence-electron chi connectivity index (χ4n) is 2.39. The molecule has 0 bridgehead atoms. The average Bonchev–Trinajstić information content (AvgIpc) is 2.40. The summed E-state index contributed by atoms with van der Waals surface area (Å²) in [5, 5.41) is 13.2. The molecule has 1 aromatic carbocycles. The molecule has 0 amide bonds. The van der Waals surface area contributed by atoms with Gasteiger partial charge in [-0.1, -0.05) is 12.1 Å². The van der Waals surface area contributed by atoms with Gasteiger partial charge in [0.25, 0.3) is 0 Å². The molecule has 0 heterocycles. The minimum Gasteiger partial charge on any atom is -0.387 e. The molecular formula is C15H20F3NO2. The van der Waals surface area contributed by atoms with Crippen molar-refractivity contribution in [2.75, 3.05) is 13.2 Å². The molecule has 118 valence electrons. The molecule has 0 radical (unpaired) electrons. The van der Waals surface area contributed by atoms with E-state index in [0.29, 0.717) is 24.8 Å². The summed E-state index contributed by atoms with van der Waals surface area (Å²) >= 11 is 0. The third-order valence-electron chi connectivity index (χ3n) is 3.72. The van der Waals surface area contributed by atoms with Crippen LogP contribution in [0.4, 0.5) is 13.2 Å². The number of ether oxygens (including phenoxy) is 1. The van der Waals surface area contributed by atoms with Gasteiger partial charge in [-0.25, -0.2) is 0 Å². The van der Waals surface area contributed by atoms with Crippen LogP contribution in [-0.4, -0.2) is 30.4 Å². The zero-order valence-electron chi connectivity index (χ0n) is 11.9. The maximum absolute atomic E-state index is 12.4. The summed E-state index contributed by atoms with van der Waals surface area (Å²) in [4.78, 5) is 0. The molecule has 0 aliphatic heterocycles. The minimum absolute atomic E-state index is 0.288. The maximum Gasteiger partial charge on any atom is 0.416 e. The van der Waals surface area contributed by atoms with Gasteiger partial charge in [0, 0.05) is 19.2 Å². The zero-order chi connectivity index (χ0) is 15.5. The Morgan fingerprint density at radius 1 is 1.29 bits per heavy atom. The van der Waals surface area contributed by atoms with Crippen LogP contribution in [0.2, 0.25) is 0 Å². The number of rotatable bonds is 6. The first-order valence-corrected chi connectivity index (χ1v) is 7.10. The summed E-state index contributed by atoms with van der Waals surface area (Å²) in [6.45, 7) is 2.98. The van der Waals surface area contributed by atoms with Gasteiger partial charge < -0.3 is 15.2 Å². The number of benzene rings is 1. The van der Waals surface area contributed by atoms with Crippen molar-refractivity contribution in [3.05, 3.63) is 35.4 Å². The van der Waals surface area contributed by atoms with Gasteiger partial charge in [0.05, 0.1) is 17.8 Å². The third kappa shape index (κ3) is 4.43. The molecular weight excluding hydrogens is 283 g/mol. The molecule has 1 aliphatic rings. The van der Waals surface area contributed by atoms with E-state index in [4.69, 9.17) is 4.74 Å². The molecule has 1 aromatic rings. The Kier molecular flexibility index (Phi) is 5.24. The molecule has 1 aliphatic carbocycles. The van der Waals surface area contributed by atoms with E-state index in [2.05, 4.69) is 5.32 Å². The van der Waals surface area contributed by atoms with Crippen LogP contribution >= 0.6 is 0 Å². The van der Waals surface area contributed by atoms with Gasteiger partial charge in [-0.3, -0.25) is 0 Å². The van der Waals surface area contributed by atoms with E-state index in [-0.39, 0.29) is 6.10 Å². The van der Waals surface area contributed by atoms with Crippen LogP contribution < -0.4 is 5.32 Å². The summed E-state index contributed by atoms with van der Waals surface area (Å²) < 4.78 is 42.8. The van der Waals surface area contributed by atoms with Gasteiger partial charge in [0.1, 0.15) is 0 Å². The number of hydrogen-bond donors (Lipinski definition) is 2. The normalized spacial score (nSPS) is 23.7. The quantitative estimate of drug-likeness (QED) is 0.849. The Balaban J connectivity index is 1.77. The van der Waals surface area contributed by atoms with Crippen LogP contribution in [0.1, 0.15) is 37.0 Å². The molecule has 6 heteroatoms. The van der Waals surface area contributed by atoms with Crippen molar-refractivity contribution in [2.45, 2.75) is 44.2 Å². The highest BCUT2D eigenvalue weighted by molar-refractivity contribution is 5.26. The van der Waals surface area contributed by atoms with Crippen LogP contribution in [-0.2, 0) is 10.9 Å². The second-order valence-electron chi connectivity index (χ2n) is 5.29. The first-order valence-electron chi connectivity index (χ1n) is 7.10. The summed E-state index contributed by atoms with van der Waals surface area (Å²) in [5.74, 6) is 0. The average molecular weight is 303 g/mol. The minimum atomic E-state index is -4.35. The van der Waals surface area contributed by atoms with E-state index in [9.17, 15) is 18.3 Å². The summed E-state index contributed by atoms with van der Waals surface area (Å²) in [7, 11) is 0. The van der Waals surface area contributed by atoms with Crippen molar-refractivity contribution in [1.82, 2.24) is 5.32 Å². The number of aliphatic hydroxyl groups is 1. The Bertz CT molecular complexity index is 441. The zero-order valence-corrected chi connectivity index (χ0v) is 11.9. The predicted molar refractivity (Wildman–Crippen MR) is 72.8 cm³/mol. The van der Waals surface area contributed by atoms with Gasteiger partial charge in [0.2, 0.25) is 0 Å². The van der Waals surface area contributed by atoms with Crippen molar-refractivity contribution in [2.24, 2.45) is 0 Å². The highest BCUT2D eigenvalue weighted by atomic mass is 19.4. The summed E-state index contributed by atoms with van der Waals surface area (Å²) in [6, 6.07) is 4.93. The van der Waals surface area contributed by atoms with Crippen LogP contribution in [0.15, 0.2) is 24.3 Å². The van der Waals surface area contributed by atoms with E-state index >= 15 is 0 Å². The molecule has 2 N–H and O–H groups in total. The Labute approximate surface area is 122 Å². The van der Waals surface area contributed by atoms with Crippen molar-refractivity contribution in [1.29, 1.82) is 0 Å². The molecule has 0 aromatic heterocycles. The molecule has 1 fully saturated rings. The number of hydrogen-bond acceptors (Lipinski definition) is 3. The number of nitrogens with one attached hydrogen (secondary N) is 1. The Morgan fingerprint density at radius 2 is 1.90 bits per heavy atom. The molecule has 1 atom stereocenters. The summed E-state index contributed by atoms with van der Waals surface area (Å²) in [5.41, 5.74) is -0.221. The lowest BCUT2D eigenvalue weighted by atomic mass is 9.89. The molecule has 2 rings (SSSR count). The molecule has 21 heavy (non-hydrogen) atoms. The third-order valence-corrected chi connectivity index (χ3v) is 3.72. The smallest absolute Gasteiger partial charge is 0.387 e. The fraction of sp³-hybridized carbons (Fsp3) is 0.600. The number of alkyl halides is 3. The van der Waals surface area contributed by atoms with Crippen molar-refractivity contribution in [3.8, 4) is 0 Å². The highest BCUT2D eigenvalue weighted by Gasteiger charge is 2.31. The van der Waals surface area contributed by atoms with Crippen LogP contribution in [0.25, 0.3) is 0 Å². The second-order valence-corrected chi connectivity index (χ2v) is 5.29. The Morgan fingerprint density at radius 3 is 2.43 bits per heavy atom. The van der Waals surface area contributed by atoms with Crippen LogP contribution in [0.5, 0.6) is 0 Å². The molecule has 1 saturated carbocycles. The lowest BCUT2D eigenvalue weighted by Crippen LogP contribution is -2.46. The van der Waals surface area contributed by atoms with Gasteiger partial charge in [-0.2, -0.15) is 13.2 Å². The first kappa shape index (κ1) is 16.3. The lowest BCUT2D eigenvalue weighted by molar-refractivity contribution is -0.137. The van der Waals surface area contributed by atoms with Crippen LogP contribution in [0, 0.1) is 0 Å². The van der Waals surface area contributed by atoms with Crippen molar-refractivity contribution < 1.29 is 23.0 Å². The monoisotopic (exact) mass is 303 g/mol. The first-order chi connectivity index (χ1) is 9.90. The van der Waals surface area contributed by atoms with E-state index < -0.39 is 17.8 Å². The van der Waals surface area contributed by atoms with E-state index in [1.54, 1.807) is 0 Å². The van der Waals surface area contributed by atoms with Gasteiger partial charge in [-0.15, -0.1) is 0 Å². The van der Waals surface area contributed by atoms with Gasteiger partial charge >= 0.3 is 6.18 Å². The van der Waals surface area contributed by atoms with E-state index in [0.717, 1.165) is 25.0 Å². The standard InChI is InChI=1S/C15H20F3NO2/c1-2-21-13-7-12(8-13)19-9-14(20)10-3-5-11(6-4-10)15(16,17)18/h3-6,12-14,19-20H,2,7-9H2,1H3. The van der Waals surface area contributed by atoms with Gasteiger partial charge in [0.15, 0.2) is 0 Å². The lowest BCUT2D eigenvalue weighted by Gasteiger charge is -2.36. The van der Waals surface area contributed by atoms with E-state index in [1.807, 2.05) is 6.92 Å². The predicted octanol–water partition coefficient (Wildman–Crippen LogP) is 2.90. The fourth-order valence-corrected chi connectivity index (χ4v) is 2.39. The molecule has 0 saturated heterocycles. The largest absolute Gasteiger partial charge is 0.416 e. The molecule has 1 unspecified atom stereocenters. The van der Waals surface area contributed by atoms with E-state index in [1.165, 1.54) is 12.1 Å². The second kappa shape index (κ2) is 6.77. The highest BCUT2D eigenvalue weighted by Crippen LogP contribution is 2.30. The Hall–Kier alpha value is -1.11. The molecule has 3 nitrogen and oxygen atoms in total.